The van der Waals surface area contributed by atoms with Gasteiger partial charge in [-0.3, -0.25) is 4.79 Å². The lowest BCUT2D eigenvalue weighted by molar-refractivity contribution is -0.122. The Balaban J connectivity index is 1.95. The minimum atomic E-state index is -0.00450. The van der Waals surface area contributed by atoms with Crippen molar-refractivity contribution in [3.8, 4) is 0 Å². The molecule has 20 heavy (non-hydrogen) atoms. The maximum Gasteiger partial charge on any atom is 0.242 e. The summed E-state index contributed by atoms with van der Waals surface area (Å²) in [6.45, 7) is 2.96. The van der Waals surface area contributed by atoms with Crippen LogP contribution in [-0.2, 0) is 17.8 Å². The van der Waals surface area contributed by atoms with E-state index in [1.165, 1.54) is 23.2 Å². The van der Waals surface area contributed by atoms with Gasteiger partial charge in [0.05, 0.1) is 0 Å². The van der Waals surface area contributed by atoms with Gasteiger partial charge in [-0.2, -0.15) is 0 Å². The van der Waals surface area contributed by atoms with Crippen molar-refractivity contribution < 1.29 is 4.79 Å². The number of nitrogens with zero attached hydrogens (tertiary/aromatic N) is 1. The summed E-state index contributed by atoms with van der Waals surface area (Å²) in [4.78, 5) is 14.5. The van der Waals surface area contributed by atoms with Crippen molar-refractivity contribution in [3.05, 3.63) is 29.3 Å². The Kier molecular flexibility index (Phi) is 3.92. The molecule has 1 aromatic carbocycles. The van der Waals surface area contributed by atoms with Crippen LogP contribution in [-0.4, -0.2) is 32.1 Å². The van der Waals surface area contributed by atoms with Crippen LogP contribution in [0.4, 0.5) is 5.69 Å². The number of fused-ring (bicyclic) bond motifs is 1. The third-order valence-electron chi connectivity index (χ3n) is 4.48. The van der Waals surface area contributed by atoms with Crippen LogP contribution < -0.4 is 15.5 Å². The van der Waals surface area contributed by atoms with E-state index < -0.39 is 0 Å². The fraction of sp³-hybridized carbons (Fsp3) is 0.562. The maximum atomic E-state index is 12.2. The summed E-state index contributed by atoms with van der Waals surface area (Å²) in [7, 11) is 1.74. The molecule has 1 aromatic rings. The molecule has 4 nitrogen and oxygen atoms in total. The van der Waals surface area contributed by atoms with Gasteiger partial charge in [0, 0.05) is 25.8 Å². The normalized spacial score (nSPS) is 22.2. The van der Waals surface area contributed by atoms with E-state index >= 15 is 0 Å². The summed E-state index contributed by atoms with van der Waals surface area (Å²) in [5.74, 6) is 0.149. The molecule has 0 saturated carbocycles. The molecule has 0 aliphatic carbocycles. The SMILES string of the molecule is CNC(=O)C1CCCCN1c1cccc2c1CCNC2. The van der Waals surface area contributed by atoms with Crippen LogP contribution in [0.1, 0.15) is 30.4 Å². The summed E-state index contributed by atoms with van der Waals surface area (Å²) in [6.07, 6.45) is 4.34. The van der Waals surface area contributed by atoms with Crippen molar-refractivity contribution in [1.29, 1.82) is 0 Å². The molecule has 2 heterocycles. The number of anilines is 1. The Labute approximate surface area is 120 Å². The van der Waals surface area contributed by atoms with Gasteiger partial charge in [-0.05, 0) is 49.4 Å². The number of benzene rings is 1. The van der Waals surface area contributed by atoms with E-state index in [4.69, 9.17) is 0 Å². The first-order valence-electron chi connectivity index (χ1n) is 7.61. The molecular formula is C16H23N3O. The Morgan fingerprint density at radius 1 is 1.40 bits per heavy atom. The van der Waals surface area contributed by atoms with Gasteiger partial charge >= 0.3 is 0 Å². The monoisotopic (exact) mass is 273 g/mol. The predicted octanol–water partition coefficient (Wildman–Crippen LogP) is 1.44. The van der Waals surface area contributed by atoms with Crippen LogP contribution >= 0.6 is 0 Å². The van der Waals surface area contributed by atoms with Crippen molar-refractivity contribution in [1.82, 2.24) is 10.6 Å². The van der Waals surface area contributed by atoms with Crippen LogP contribution in [0.2, 0.25) is 0 Å². The molecule has 1 amide bonds. The van der Waals surface area contributed by atoms with Crippen molar-refractivity contribution in [2.45, 2.75) is 38.3 Å². The fourth-order valence-electron chi connectivity index (χ4n) is 3.44. The summed E-state index contributed by atoms with van der Waals surface area (Å²) >= 11 is 0. The summed E-state index contributed by atoms with van der Waals surface area (Å²) in [6, 6.07) is 6.50. The van der Waals surface area contributed by atoms with E-state index in [1.54, 1.807) is 7.05 Å². The Morgan fingerprint density at radius 3 is 3.15 bits per heavy atom. The quantitative estimate of drug-likeness (QED) is 0.857. The number of hydrogen-bond donors (Lipinski definition) is 2. The molecule has 108 valence electrons. The van der Waals surface area contributed by atoms with E-state index in [2.05, 4.69) is 33.7 Å². The summed E-state index contributed by atoms with van der Waals surface area (Å²) in [5.41, 5.74) is 4.09. The molecule has 1 atom stereocenters. The molecule has 4 heteroatoms. The molecule has 0 radical (unpaired) electrons. The van der Waals surface area contributed by atoms with Crippen molar-refractivity contribution in [2.24, 2.45) is 0 Å². The smallest absolute Gasteiger partial charge is 0.242 e. The standard InChI is InChI=1S/C16H23N3O/c1-17-16(20)15-6-2-3-10-19(15)14-7-4-5-12-11-18-9-8-13(12)14/h4-5,7,15,18H,2-3,6,8-11H2,1H3,(H,17,20). The number of nitrogens with one attached hydrogen (secondary N) is 2. The van der Waals surface area contributed by atoms with E-state index in [1.807, 2.05) is 0 Å². The van der Waals surface area contributed by atoms with Gasteiger partial charge in [-0.15, -0.1) is 0 Å². The lowest BCUT2D eigenvalue weighted by atomic mass is 9.94. The first-order valence-corrected chi connectivity index (χ1v) is 7.61. The van der Waals surface area contributed by atoms with Crippen LogP contribution in [0, 0.1) is 0 Å². The highest BCUT2D eigenvalue weighted by molar-refractivity contribution is 5.85. The molecule has 3 rings (SSSR count). The maximum absolute atomic E-state index is 12.2. The minimum absolute atomic E-state index is 0.00450. The van der Waals surface area contributed by atoms with Crippen molar-refractivity contribution in [3.63, 3.8) is 0 Å². The molecule has 0 spiro atoms. The van der Waals surface area contributed by atoms with E-state index in [9.17, 15) is 4.79 Å². The van der Waals surface area contributed by atoms with Gasteiger partial charge in [0.15, 0.2) is 0 Å². The van der Waals surface area contributed by atoms with Gasteiger partial charge in [-0.1, -0.05) is 12.1 Å². The van der Waals surface area contributed by atoms with E-state index in [0.717, 1.165) is 38.9 Å². The fourth-order valence-corrected chi connectivity index (χ4v) is 3.44. The van der Waals surface area contributed by atoms with Gasteiger partial charge in [0.2, 0.25) is 5.91 Å². The van der Waals surface area contributed by atoms with Crippen LogP contribution in [0.3, 0.4) is 0 Å². The molecule has 0 bridgehead atoms. The second kappa shape index (κ2) is 5.83. The zero-order chi connectivity index (χ0) is 13.9. The number of carbonyl (C=O) groups excluding carboxylic acids is 1. The Hall–Kier alpha value is -1.55. The van der Waals surface area contributed by atoms with E-state index in [0.29, 0.717) is 0 Å². The number of rotatable bonds is 2. The molecule has 2 aliphatic rings. The number of hydrogen-bond acceptors (Lipinski definition) is 3. The molecule has 1 fully saturated rings. The molecule has 1 saturated heterocycles. The largest absolute Gasteiger partial charge is 0.359 e. The summed E-state index contributed by atoms with van der Waals surface area (Å²) in [5, 5.41) is 6.24. The molecule has 2 aliphatic heterocycles. The van der Waals surface area contributed by atoms with Gasteiger partial charge in [0.1, 0.15) is 6.04 Å². The van der Waals surface area contributed by atoms with Gasteiger partial charge in [0.25, 0.3) is 0 Å². The molecule has 2 N–H and O–H groups in total. The first kappa shape index (κ1) is 13.4. The molecule has 1 unspecified atom stereocenters. The third kappa shape index (κ3) is 2.40. The van der Waals surface area contributed by atoms with Crippen LogP contribution in [0.25, 0.3) is 0 Å². The van der Waals surface area contributed by atoms with Crippen LogP contribution in [0.5, 0.6) is 0 Å². The number of amides is 1. The predicted molar refractivity (Wildman–Crippen MR) is 80.9 cm³/mol. The minimum Gasteiger partial charge on any atom is -0.359 e. The zero-order valence-electron chi connectivity index (χ0n) is 12.1. The van der Waals surface area contributed by atoms with E-state index in [-0.39, 0.29) is 11.9 Å². The lowest BCUT2D eigenvalue weighted by Gasteiger charge is -2.38. The topological polar surface area (TPSA) is 44.4 Å². The lowest BCUT2D eigenvalue weighted by Crippen LogP contribution is -2.49. The van der Waals surface area contributed by atoms with Gasteiger partial charge in [-0.25, -0.2) is 0 Å². The number of carbonyl (C=O) groups is 1. The second-order valence-corrected chi connectivity index (χ2v) is 5.66. The highest BCUT2D eigenvalue weighted by Gasteiger charge is 2.30. The molecular weight excluding hydrogens is 250 g/mol. The third-order valence-corrected chi connectivity index (χ3v) is 4.48. The Morgan fingerprint density at radius 2 is 2.30 bits per heavy atom. The second-order valence-electron chi connectivity index (χ2n) is 5.66. The summed E-state index contributed by atoms with van der Waals surface area (Å²) < 4.78 is 0. The number of likely N-dealkylation sites (N-methyl/N-ethyl adjacent to an activating group) is 1. The average molecular weight is 273 g/mol. The zero-order valence-corrected chi connectivity index (χ0v) is 12.1. The average Bonchev–Trinajstić information content (AvgIpc) is 2.53. The van der Waals surface area contributed by atoms with Crippen LogP contribution in [0.15, 0.2) is 18.2 Å². The highest BCUT2D eigenvalue weighted by Crippen LogP contribution is 2.31. The first-order chi connectivity index (χ1) is 9.81. The number of piperidine rings is 1. The molecule has 0 aromatic heterocycles. The van der Waals surface area contributed by atoms with Gasteiger partial charge < -0.3 is 15.5 Å². The highest BCUT2D eigenvalue weighted by atomic mass is 16.2. The van der Waals surface area contributed by atoms with Crippen molar-refractivity contribution >= 4 is 11.6 Å². The van der Waals surface area contributed by atoms with Crippen molar-refractivity contribution in [2.75, 3.05) is 25.0 Å². The Bertz CT molecular complexity index is 500.